The van der Waals surface area contributed by atoms with E-state index in [2.05, 4.69) is 20.3 Å². The van der Waals surface area contributed by atoms with Gasteiger partial charge in [-0.3, -0.25) is 4.90 Å². The van der Waals surface area contributed by atoms with Crippen molar-refractivity contribution in [3.63, 3.8) is 0 Å². The number of hydrogen-bond acceptors (Lipinski definition) is 6. The molecule has 1 atom stereocenters. The van der Waals surface area contributed by atoms with Crippen LogP contribution in [0.5, 0.6) is 0 Å². The molecule has 0 radical (unpaired) electrons. The van der Waals surface area contributed by atoms with Crippen LogP contribution in [0.2, 0.25) is 0 Å². The van der Waals surface area contributed by atoms with E-state index in [1.807, 2.05) is 18.2 Å². The molecule has 8 nitrogen and oxygen atoms in total. The summed E-state index contributed by atoms with van der Waals surface area (Å²) in [5.74, 6) is 0.617. The van der Waals surface area contributed by atoms with Crippen molar-refractivity contribution in [2.45, 2.75) is 24.3 Å². The van der Waals surface area contributed by atoms with Gasteiger partial charge in [-0.1, -0.05) is 6.07 Å². The molecule has 4 heterocycles. The number of pyridine rings is 1. The van der Waals surface area contributed by atoms with Crippen molar-refractivity contribution in [1.29, 1.82) is 0 Å². The third-order valence-electron chi connectivity index (χ3n) is 5.24. The maximum atomic E-state index is 13.1. The van der Waals surface area contributed by atoms with Crippen molar-refractivity contribution in [2.24, 2.45) is 0 Å². The predicted octanol–water partition coefficient (Wildman–Crippen LogP) is 0.666. The first-order chi connectivity index (χ1) is 12.6. The normalized spacial score (nSPS) is 21.9. The van der Waals surface area contributed by atoms with Crippen LogP contribution in [0.15, 0.2) is 35.5 Å². The maximum absolute atomic E-state index is 13.1. The summed E-state index contributed by atoms with van der Waals surface area (Å²) in [7, 11) is -3.55. The van der Waals surface area contributed by atoms with Gasteiger partial charge in [0.05, 0.1) is 11.9 Å². The molecule has 2 aromatic rings. The van der Waals surface area contributed by atoms with Crippen molar-refractivity contribution in [3.8, 4) is 5.82 Å². The molecule has 2 aliphatic rings. The largest absolute Gasteiger partial charge is 0.314 e. The maximum Gasteiger partial charge on any atom is 0.246 e. The number of hydrogen-bond donors (Lipinski definition) is 1. The molecule has 148 valence electrons. The van der Waals surface area contributed by atoms with Crippen molar-refractivity contribution < 1.29 is 8.42 Å². The summed E-state index contributed by atoms with van der Waals surface area (Å²) in [5.41, 5.74) is 0.592. The molecule has 2 aromatic heterocycles. The van der Waals surface area contributed by atoms with Crippen LogP contribution >= 0.6 is 12.4 Å². The first kappa shape index (κ1) is 20.2. The number of aromatic nitrogens is 3. The van der Waals surface area contributed by atoms with Gasteiger partial charge in [0.25, 0.3) is 0 Å². The third kappa shape index (κ3) is 3.88. The fourth-order valence-corrected chi connectivity index (χ4v) is 5.40. The number of piperazine rings is 1. The van der Waals surface area contributed by atoms with Gasteiger partial charge in [-0.15, -0.1) is 12.4 Å². The Hall–Kier alpha value is -1.52. The van der Waals surface area contributed by atoms with Crippen molar-refractivity contribution in [1.82, 2.24) is 29.3 Å². The van der Waals surface area contributed by atoms with E-state index in [0.29, 0.717) is 30.6 Å². The molecule has 2 fully saturated rings. The highest BCUT2D eigenvalue weighted by Gasteiger charge is 2.37. The lowest BCUT2D eigenvalue weighted by atomic mass is 10.2. The Morgan fingerprint density at radius 1 is 1.19 bits per heavy atom. The molecular weight excluding hydrogens is 388 g/mol. The molecule has 0 bridgehead atoms. The zero-order chi connectivity index (χ0) is 18.1. The molecule has 0 amide bonds. The van der Waals surface area contributed by atoms with Crippen LogP contribution < -0.4 is 5.32 Å². The second-order valence-electron chi connectivity index (χ2n) is 6.79. The summed E-state index contributed by atoms with van der Waals surface area (Å²) in [6.07, 6.45) is 3.99. The zero-order valence-electron chi connectivity index (χ0n) is 15.3. The second-order valence-corrected chi connectivity index (χ2v) is 8.69. The Labute approximate surface area is 166 Å². The fraction of sp³-hybridized carbons (Fsp3) is 0.529. The Bertz CT molecular complexity index is 867. The molecule has 1 unspecified atom stereocenters. The highest BCUT2D eigenvalue weighted by Crippen LogP contribution is 2.26. The monoisotopic (exact) mass is 412 g/mol. The van der Waals surface area contributed by atoms with Gasteiger partial charge in [0.1, 0.15) is 4.90 Å². The minimum absolute atomic E-state index is 0. The molecule has 4 rings (SSSR count). The Kier molecular flexibility index (Phi) is 6.17. The van der Waals surface area contributed by atoms with Gasteiger partial charge in [0.2, 0.25) is 10.0 Å². The number of sulfonamides is 1. The predicted molar refractivity (Wildman–Crippen MR) is 105 cm³/mol. The number of nitrogens with zero attached hydrogens (tertiary/aromatic N) is 5. The van der Waals surface area contributed by atoms with Gasteiger partial charge >= 0.3 is 0 Å². The van der Waals surface area contributed by atoms with Gasteiger partial charge < -0.3 is 5.32 Å². The quantitative estimate of drug-likeness (QED) is 0.794. The van der Waals surface area contributed by atoms with E-state index in [4.69, 9.17) is 0 Å². The van der Waals surface area contributed by atoms with Crippen LogP contribution in [0, 0.1) is 6.92 Å². The van der Waals surface area contributed by atoms with Gasteiger partial charge in [0, 0.05) is 51.5 Å². The molecule has 0 aromatic carbocycles. The lowest BCUT2D eigenvalue weighted by molar-refractivity contribution is 0.179. The smallest absolute Gasteiger partial charge is 0.246 e. The minimum atomic E-state index is -3.55. The molecular formula is C17H25ClN6O2S. The van der Waals surface area contributed by atoms with Gasteiger partial charge in [-0.05, 0) is 25.5 Å². The molecule has 0 aliphatic carbocycles. The van der Waals surface area contributed by atoms with Gasteiger partial charge in [-0.2, -0.15) is 9.40 Å². The Morgan fingerprint density at radius 3 is 2.67 bits per heavy atom. The molecule has 0 saturated carbocycles. The minimum Gasteiger partial charge on any atom is -0.314 e. The van der Waals surface area contributed by atoms with Crippen LogP contribution in [0.4, 0.5) is 0 Å². The van der Waals surface area contributed by atoms with E-state index in [1.54, 1.807) is 22.1 Å². The van der Waals surface area contributed by atoms with Crippen molar-refractivity contribution in [2.75, 3.05) is 39.3 Å². The summed E-state index contributed by atoms with van der Waals surface area (Å²) in [6, 6.07) is 5.79. The van der Waals surface area contributed by atoms with E-state index >= 15 is 0 Å². The standard InChI is InChI=1S/C17H24N6O2S.ClH/c1-14-16(12-20-23(14)17-4-2-3-6-19-17)26(24,25)22-9-5-15(13-22)21-10-7-18-8-11-21;/h2-4,6,12,15,18H,5,7-11,13H2,1H3;1H. The van der Waals surface area contributed by atoms with Gasteiger partial charge in [-0.25, -0.2) is 18.1 Å². The molecule has 0 spiro atoms. The average molecular weight is 413 g/mol. The Balaban J connectivity index is 0.00000210. The molecule has 1 N–H and O–H groups in total. The zero-order valence-corrected chi connectivity index (χ0v) is 16.9. The van der Waals surface area contributed by atoms with E-state index in [9.17, 15) is 8.42 Å². The van der Waals surface area contributed by atoms with Crippen LogP contribution in [0.3, 0.4) is 0 Å². The van der Waals surface area contributed by atoms with E-state index < -0.39 is 10.0 Å². The number of halogens is 1. The van der Waals surface area contributed by atoms with Crippen molar-refractivity contribution in [3.05, 3.63) is 36.3 Å². The summed E-state index contributed by atoms with van der Waals surface area (Å²) in [6.45, 7) is 6.79. The average Bonchev–Trinajstić information content (AvgIpc) is 3.31. The Morgan fingerprint density at radius 2 is 1.96 bits per heavy atom. The van der Waals surface area contributed by atoms with Crippen LogP contribution in [0.25, 0.3) is 5.82 Å². The lowest BCUT2D eigenvalue weighted by Crippen LogP contribution is -2.49. The fourth-order valence-electron chi connectivity index (χ4n) is 3.77. The summed E-state index contributed by atoms with van der Waals surface area (Å²) >= 11 is 0. The molecule has 27 heavy (non-hydrogen) atoms. The van der Waals surface area contributed by atoms with E-state index in [-0.39, 0.29) is 17.3 Å². The third-order valence-corrected chi connectivity index (χ3v) is 7.21. The molecule has 10 heteroatoms. The second kappa shape index (κ2) is 8.24. The summed E-state index contributed by atoms with van der Waals surface area (Å²) < 4.78 is 29.5. The topological polar surface area (TPSA) is 83.4 Å². The van der Waals surface area contributed by atoms with Crippen LogP contribution in [-0.2, 0) is 10.0 Å². The highest BCUT2D eigenvalue weighted by atomic mass is 35.5. The van der Waals surface area contributed by atoms with E-state index in [0.717, 1.165) is 32.6 Å². The van der Waals surface area contributed by atoms with Gasteiger partial charge in [0.15, 0.2) is 5.82 Å². The SMILES string of the molecule is Cc1c(S(=O)(=O)N2CCC(N3CCNCC3)C2)cnn1-c1ccccn1.Cl. The number of nitrogens with one attached hydrogen (secondary N) is 1. The lowest BCUT2D eigenvalue weighted by Gasteiger charge is -2.32. The summed E-state index contributed by atoms with van der Waals surface area (Å²) in [5, 5.41) is 7.60. The molecule has 2 aliphatic heterocycles. The van der Waals surface area contributed by atoms with Crippen molar-refractivity contribution >= 4 is 22.4 Å². The summed E-state index contributed by atoms with van der Waals surface area (Å²) in [4.78, 5) is 6.92. The highest BCUT2D eigenvalue weighted by molar-refractivity contribution is 7.89. The number of rotatable bonds is 4. The van der Waals surface area contributed by atoms with Crippen LogP contribution in [-0.4, -0.2) is 77.7 Å². The van der Waals surface area contributed by atoms with Crippen LogP contribution in [0.1, 0.15) is 12.1 Å². The first-order valence-electron chi connectivity index (χ1n) is 8.98. The first-order valence-corrected chi connectivity index (χ1v) is 10.4. The molecule has 2 saturated heterocycles. The van der Waals surface area contributed by atoms with E-state index in [1.165, 1.54) is 6.20 Å².